The SMILES string of the molecule is CCc1c(-c2cc(Nc3ccc4c(n3)CCN(C3COC3)C4)c(=O)n(C)c2)cc(F)cc1N1CCc2c(sc3c2CC(C)(C)C3)C1=O. The lowest BCUT2D eigenvalue weighted by molar-refractivity contribution is -0.0696. The normalized spacial score (nSPS) is 18.9. The standard InChI is InChI=1S/C37H40FN5O3S/c1-5-25-27(13-23(38)14-31(25)43-11-8-26-28-15-37(2,3)16-32(28)47-34(26)36(43)45)22-12-30(35(44)41(4)17-22)40-33-7-6-21-18-42(24-19-46-20-24)10-9-29(21)39-33/h6-7,12-14,17,24H,5,8-11,15-16,18-20H2,1-4H3,(H,39,40). The van der Waals surface area contributed by atoms with Crippen LogP contribution in [-0.2, 0) is 50.4 Å². The summed E-state index contributed by atoms with van der Waals surface area (Å²) >= 11 is 1.63. The number of rotatable bonds is 6. The van der Waals surface area contributed by atoms with Crippen LogP contribution >= 0.6 is 11.3 Å². The van der Waals surface area contributed by atoms with Crippen LogP contribution in [-0.4, -0.2) is 52.7 Å². The van der Waals surface area contributed by atoms with Gasteiger partial charge in [-0.25, -0.2) is 9.37 Å². The molecule has 244 valence electrons. The van der Waals surface area contributed by atoms with Gasteiger partial charge < -0.3 is 19.5 Å². The fourth-order valence-electron chi connectivity index (χ4n) is 7.82. The number of aromatic nitrogens is 2. The number of nitrogens with zero attached hydrogens (tertiary/aromatic N) is 4. The lowest BCUT2D eigenvalue weighted by Gasteiger charge is -2.39. The smallest absolute Gasteiger partial charge is 0.274 e. The molecule has 47 heavy (non-hydrogen) atoms. The van der Waals surface area contributed by atoms with E-state index in [0.717, 1.165) is 68.1 Å². The molecule has 1 aliphatic carbocycles. The Kier molecular flexibility index (Phi) is 7.38. The Hall–Kier alpha value is -3.86. The second kappa shape index (κ2) is 11.4. The average molecular weight is 654 g/mol. The second-order valence-electron chi connectivity index (χ2n) is 14.2. The highest BCUT2D eigenvalue weighted by Crippen LogP contribution is 2.46. The third-order valence-electron chi connectivity index (χ3n) is 10.3. The van der Waals surface area contributed by atoms with Gasteiger partial charge in [-0.05, 0) is 83.2 Å². The summed E-state index contributed by atoms with van der Waals surface area (Å²) in [6.45, 7) is 10.5. The highest BCUT2D eigenvalue weighted by atomic mass is 32.1. The minimum atomic E-state index is -0.413. The van der Waals surface area contributed by atoms with E-state index in [0.29, 0.717) is 47.3 Å². The molecule has 0 unspecified atom stereocenters. The Morgan fingerprint density at radius 2 is 1.91 bits per heavy atom. The largest absolute Gasteiger partial charge is 0.378 e. The van der Waals surface area contributed by atoms with Gasteiger partial charge in [-0.15, -0.1) is 11.3 Å². The van der Waals surface area contributed by atoms with Gasteiger partial charge in [0, 0.05) is 55.4 Å². The molecular weight excluding hydrogens is 614 g/mol. The number of benzene rings is 1. The lowest BCUT2D eigenvalue weighted by atomic mass is 9.89. The van der Waals surface area contributed by atoms with Crippen LogP contribution in [0.2, 0.25) is 0 Å². The van der Waals surface area contributed by atoms with Crippen molar-refractivity contribution in [2.75, 3.05) is 36.5 Å². The molecule has 1 saturated heterocycles. The van der Waals surface area contributed by atoms with Crippen LogP contribution in [0, 0.1) is 11.2 Å². The van der Waals surface area contributed by atoms with E-state index >= 15 is 4.39 Å². The molecule has 10 heteroatoms. The van der Waals surface area contributed by atoms with Crippen molar-refractivity contribution in [1.82, 2.24) is 14.5 Å². The Morgan fingerprint density at radius 3 is 2.68 bits per heavy atom. The molecule has 0 atom stereocenters. The number of halogens is 1. The van der Waals surface area contributed by atoms with Crippen LogP contribution in [0.15, 0.2) is 41.3 Å². The molecule has 8 rings (SSSR count). The van der Waals surface area contributed by atoms with E-state index in [9.17, 15) is 9.59 Å². The number of amides is 1. The number of carbonyl (C=O) groups is 1. The van der Waals surface area contributed by atoms with Crippen molar-refractivity contribution in [3.63, 3.8) is 0 Å². The van der Waals surface area contributed by atoms with Crippen molar-refractivity contribution < 1.29 is 13.9 Å². The first-order chi connectivity index (χ1) is 22.6. The molecule has 4 aliphatic rings. The number of hydrogen-bond acceptors (Lipinski definition) is 7. The number of anilines is 3. The summed E-state index contributed by atoms with van der Waals surface area (Å²) in [7, 11) is 1.70. The maximum Gasteiger partial charge on any atom is 0.274 e. The van der Waals surface area contributed by atoms with E-state index in [2.05, 4.69) is 30.1 Å². The first-order valence-corrected chi connectivity index (χ1v) is 17.5. The molecule has 6 heterocycles. The second-order valence-corrected chi connectivity index (χ2v) is 15.3. The average Bonchev–Trinajstić information content (AvgIpc) is 3.50. The highest BCUT2D eigenvalue weighted by molar-refractivity contribution is 7.14. The summed E-state index contributed by atoms with van der Waals surface area (Å²) in [5, 5.41) is 3.27. The number of pyridine rings is 2. The topological polar surface area (TPSA) is 79.7 Å². The predicted molar refractivity (Wildman–Crippen MR) is 184 cm³/mol. The summed E-state index contributed by atoms with van der Waals surface area (Å²) < 4.78 is 22.4. The van der Waals surface area contributed by atoms with Gasteiger partial charge in [0.1, 0.15) is 17.3 Å². The van der Waals surface area contributed by atoms with Crippen LogP contribution in [0.4, 0.5) is 21.6 Å². The van der Waals surface area contributed by atoms with Gasteiger partial charge in [0.05, 0.1) is 29.8 Å². The predicted octanol–water partition coefficient (Wildman–Crippen LogP) is 6.04. The van der Waals surface area contributed by atoms with Gasteiger partial charge in [0.25, 0.3) is 11.5 Å². The Bertz CT molecular complexity index is 1990. The monoisotopic (exact) mass is 653 g/mol. The van der Waals surface area contributed by atoms with Crippen molar-refractivity contribution in [3.8, 4) is 11.1 Å². The number of thiophene rings is 1. The van der Waals surface area contributed by atoms with Crippen LogP contribution in [0.1, 0.15) is 63.3 Å². The number of fused-ring (bicyclic) bond motifs is 4. The molecule has 3 aromatic heterocycles. The van der Waals surface area contributed by atoms with Crippen LogP contribution in [0.5, 0.6) is 0 Å². The molecule has 0 spiro atoms. The zero-order valence-corrected chi connectivity index (χ0v) is 28.2. The van der Waals surface area contributed by atoms with Crippen molar-refractivity contribution in [2.24, 2.45) is 12.5 Å². The summed E-state index contributed by atoms with van der Waals surface area (Å²) in [6, 6.07) is 9.28. The Labute approximate surface area is 278 Å². The molecular formula is C37H40FN5O3S. The number of aryl methyl sites for hydroxylation is 1. The Morgan fingerprint density at radius 1 is 1.09 bits per heavy atom. The molecule has 8 nitrogen and oxygen atoms in total. The zero-order valence-electron chi connectivity index (χ0n) is 27.4. The maximum atomic E-state index is 15.5. The van der Waals surface area contributed by atoms with Crippen LogP contribution in [0.3, 0.4) is 0 Å². The molecule has 1 amide bonds. The van der Waals surface area contributed by atoms with Gasteiger partial charge in [-0.1, -0.05) is 26.8 Å². The summed E-state index contributed by atoms with van der Waals surface area (Å²) in [6.07, 6.45) is 5.95. The van der Waals surface area contributed by atoms with Crippen LogP contribution in [0.25, 0.3) is 11.1 Å². The fraction of sp³-hybridized carbons (Fsp3) is 0.432. The minimum Gasteiger partial charge on any atom is -0.378 e. The molecule has 1 fully saturated rings. The molecule has 1 N–H and O–H groups in total. The van der Waals surface area contributed by atoms with Gasteiger partial charge in [0.15, 0.2) is 0 Å². The summed E-state index contributed by atoms with van der Waals surface area (Å²) in [5.74, 6) is 0.151. The van der Waals surface area contributed by atoms with Gasteiger partial charge >= 0.3 is 0 Å². The van der Waals surface area contributed by atoms with E-state index in [1.807, 2.05) is 13.0 Å². The van der Waals surface area contributed by atoms with E-state index in [1.54, 1.807) is 35.5 Å². The maximum absolute atomic E-state index is 15.5. The van der Waals surface area contributed by atoms with Crippen molar-refractivity contribution in [3.05, 3.63) is 90.4 Å². The van der Waals surface area contributed by atoms with Gasteiger partial charge in [0.2, 0.25) is 0 Å². The summed E-state index contributed by atoms with van der Waals surface area (Å²) in [5.41, 5.74) is 8.05. The minimum absolute atomic E-state index is 0.0415. The molecule has 1 aromatic carbocycles. The third kappa shape index (κ3) is 5.30. The van der Waals surface area contributed by atoms with Crippen molar-refractivity contribution in [2.45, 2.75) is 65.5 Å². The molecule has 3 aliphatic heterocycles. The van der Waals surface area contributed by atoms with Crippen LogP contribution < -0.4 is 15.8 Å². The van der Waals surface area contributed by atoms with Gasteiger partial charge in [-0.2, -0.15) is 0 Å². The molecule has 4 aromatic rings. The first-order valence-electron chi connectivity index (χ1n) is 16.6. The quantitative estimate of drug-likeness (QED) is 0.274. The number of ether oxygens (including phenoxy) is 1. The molecule has 0 saturated carbocycles. The van der Waals surface area contributed by atoms with E-state index in [4.69, 9.17) is 9.72 Å². The highest BCUT2D eigenvalue weighted by Gasteiger charge is 2.38. The number of hydrogen-bond donors (Lipinski definition) is 1. The van der Waals surface area contributed by atoms with Gasteiger partial charge in [-0.3, -0.25) is 14.5 Å². The van der Waals surface area contributed by atoms with Crippen molar-refractivity contribution in [1.29, 1.82) is 0 Å². The zero-order chi connectivity index (χ0) is 32.6. The molecule has 0 bridgehead atoms. The van der Waals surface area contributed by atoms with E-state index < -0.39 is 5.82 Å². The van der Waals surface area contributed by atoms with Crippen molar-refractivity contribution >= 4 is 34.4 Å². The van der Waals surface area contributed by atoms with E-state index in [-0.39, 0.29) is 16.9 Å². The first kappa shape index (κ1) is 30.5. The molecule has 0 radical (unpaired) electrons. The number of carbonyl (C=O) groups excluding carboxylic acids is 1. The lowest BCUT2D eigenvalue weighted by Crippen LogP contribution is -2.50. The fourth-order valence-corrected chi connectivity index (χ4v) is 9.40. The number of nitrogens with one attached hydrogen (secondary N) is 1. The third-order valence-corrected chi connectivity index (χ3v) is 11.6. The van der Waals surface area contributed by atoms with E-state index in [1.165, 1.54) is 38.3 Å². The summed E-state index contributed by atoms with van der Waals surface area (Å²) in [4.78, 5) is 38.5. The Balaban J connectivity index is 1.11.